The van der Waals surface area contributed by atoms with Crippen LogP contribution in [-0.2, 0) is 6.54 Å². The third-order valence-electron chi connectivity index (χ3n) is 2.86. The van der Waals surface area contributed by atoms with Gasteiger partial charge in [0.05, 0.1) is 0 Å². The van der Waals surface area contributed by atoms with E-state index in [0.29, 0.717) is 12.1 Å². The van der Waals surface area contributed by atoms with Crippen molar-refractivity contribution in [2.24, 2.45) is 0 Å². The van der Waals surface area contributed by atoms with Gasteiger partial charge >= 0.3 is 0 Å². The lowest BCUT2D eigenvalue weighted by Crippen LogP contribution is -2.26. The number of nitrogen functional groups attached to an aromatic ring is 1. The van der Waals surface area contributed by atoms with Crippen LogP contribution in [0.3, 0.4) is 0 Å². The predicted octanol–water partition coefficient (Wildman–Crippen LogP) is 4.07. The van der Waals surface area contributed by atoms with Gasteiger partial charge in [-0.15, -0.1) is 0 Å². The van der Waals surface area contributed by atoms with Gasteiger partial charge in [-0.05, 0) is 35.9 Å². The van der Waals surface area contributed by atoms with E-state index in [1.807, 2.05) is 42.5 Å². The molecule has 0 atom stereocenters. The molecule has 0 heterocycles. The highest BCUT2D eigenvalue weighted by molar-refractivity contribution is 9.11. The first-order valence-electron chi connectivity index (χ1n) is 6.01. The Morgan fingerprint density at radius 3 is 2.20 bits per heavy atom. The molecule has 0 saturated heterocycles. The number of hydrogen-bond acceptors (Lipinski definition) is 2. The zero-order chi connectivity index (χ0) is 14.7. The van der Waals surface area contributed by atoms with E-state index in [9.17, 15) is 4.79 Å². The Bertz CT molecular complexity index is 606. The second-order valence-electron chi connectivity index (χ2n) is 4.56. The minimum absolute atomic E-state index is 0.0242. The number of benzene rings is 2. The SMILES string of the molecule is CN(Cc1ccc(N)cc1)C(=O)c1cc(Br)cc(Br)c1. The van der Waals surface area contributed by atoms with Crippen LogP contribution in [0.1, 0.15) is 15.9 Å². The Morgan fingerprint density at radius 1 is 1.10 bits per heavy atom. The zero-order valence-electron chi connectivity index (χ0n) is 10.9. The summed E-state index contributed by atoms with van der Waals surface area (Å²) in [6, 6.07) is 13.1. The standard InChI is InChI=1S/C15H14Br2N2O/c1-19(9-10-2-4-14(18)5-3-10)15(20)11-6-12(16)8-13(17)7-11/h2-8H,9,18H2,1H3. The Balaban J connectivity index is 2.14. The van der Waals surface area contributed by atoms with Crippen molar-refractivity contribution in [2.75, 3.05) is 12.8 Å². The molecule has 2 aromatic carbocycles. The first kappa shape index (κ1) is 15.1. The molecule has 2 N–H and O–H groups in total. The summed E-state index contributed by atoms with van der Waals surface area (Å²) < 4.78 is 1.74. The fourth-order valence-electron chi connectivity index (χ4n) is 1.87. The van der Waals surface area contributed by atoms with E-state index in [0.717, 1.165) is 20.2 Å². The van der Waals surface area contributed by atoms with Gasteiger partial charge in [-0.3, -0.25) is 4.79 Å². The summed E-state index contributed by atoms with van der Waals surface area (Å²) in [6.07, 6.45) is 0. The molecule has 0 unspecified atom stereocenters. The number of halogens is 2. The second kappa shape index (κ2) is 6.41. The topological polar surface area (TPSA) is 46.3 Å². The summed E-state index contributed by atoms with van der Waals surface area (Å²) >= 11 is 6.78. The quantitative estimate of drug-likeness (QED) is 0.793. The molecule has 20 heavy (non-hydrogen) atoms. The van der Waals surface area contributed by atoms with Gasteiger partial charge in [0.2, 0.25) is 0 Å². The molecule has 3 nitrogen and oxygen atoms in total. The van der Waals surface area contributed by atoms with Gasteiger partial charge in [-0.2, -0.15) is 0 Å². The van der Waals surface area contributed by atoms with E-state index in [1.54, 1.807) is 11.9 Å². The fraction of sp³-hybridized carbons (Fsp3) is 0.133. The Hall–Kier alpha value is -1.33. The van der Waals surface area contributed by atoms with Gasteiger partial charge < -0.3 is 10.6 Å². The van der Waals surface area contributed by atoms with Crippen molar-refractivity contribution in [1.29, 1.82) is 0 Å². The van der Waals surface area contributed by atoms with E-state index >= 15 is 0 Å². The van der Waals surface area contributed by atoms with Crippen LogP contribution in [0, 0.1) is 0 Å². The molecule has 0 fully saturated rings. The van der Waals surface area contributed by atoms with Crippen LogP contribution in [0.2, 0.25) is 0 Å². The molecule has 0 aliphatic rings. The summed E-state index contributed by atoms with van der Waals surface area (Å²) in [7, 11) is 1.79. The molecule has 104 valence electrons. The monoisotopic (exact) mass is 396 g/mol. The van der Waals surface area contributed by atoms with Crippen LogP contribution >= 0.6 is 31.9 Å². The molecule has 5 heteroatoms. The third kappa shape index (κ3) is 3.84. The Labute approximate surface area is 135 Å². The molecule has 2 aromatic rings. The van der Waals surface area contributed by atoms with Crippen LogP contribution in [0.5, 0.6) is 0 Å². The number of nitrogens with two attached hydrogens (primary N) is 1. The molecular weight excluding hydrogens is 384 g/mol. The third-order valence-corrected chi connectivity index (χ3v) is 3.77. The minimum atomic E-state index is -0.0242. The zero-order valence-corrected chi connectivity index (χ0v) is 14.1. The highest BCUT2D eigenvalue weighted by Gasteiger charge is 2.13. The van der Waals surface area contributed by atoms with Crippen molar-refractivity contribution in [1.82, 2.24) is 4.90 Å². The molecule has 1 amide bonds. The lowest BCUT2D eigenvalue weighted by Gasteiger charge is -2.18. The van der Waals surface area contributed by atoms with Gasteiger partial charge in [-0.25, -0.2) is 0 Å². The first-order chi connectivity index (χ1) is 9.45. The summed E-state index contributed by atoms with van der Waals surface area (Å²) in [5, 5.41) is 0. The van der Waals surface area contributed by atoms with Gasteiger partial charge in [0.25, 0.3) is 5.91 Å². The van der Waals surface area contributed by atoms with Crippen molar-refractivity contribution in [2.45, 2.75) is 6.54 Å². The molecular formula is C15H14Br2N2O. The number of anilines is 1. The highest BCUT2D eigenvalue weighted by Crippen LogP contribution is 2.21. The van der Waals surface area contributed by atoms with Crippen LogP contribution in [-0.4, -0.2) is 17.9 Å². The minimum Gasteiger partial charge on any atom is -0.399 e. The van der Waals surface area contributed by atoms with Crippen LogP contribution in [0.15, 0.2) is 51.4 Å². The van der Waals surface area contributed by atoms with E-state index in [2.05, 4.69) is 31.9 Å². The summed E-state index contributed by atoms with van der Waals surface area (Å²) in [6.45, 7) is 0.545. The van der Waals surface area contributed by atoms with E-state index in [1.165, 1.54) is 0 Å². The maximum Gasteiger partial charge on any atom is 0.253 e. The average molecular weight is 398 g/mol. The van der Waals surface area contributed by atoms with E-state index < -0.39 is 0 Å². The Kier molecular flexibility index (Phi) is 4.83. The number of rotatable bonds is 3. The van der Waals surface area contributed by atoms with Crippen molar-refractivity contribution >= 4 is 43.5 Å². The van der Waals surface area contributed by atoms with E-state index in [4.69, 9.17) is 5.73 Å². The summed E-state index contributed by atoms with van der Waals surface area (Å²) in [5.41, 5.74) is 8.06. The van der Waals surface area contributed by atoms with Crippen LogP contribution in [0.4, 0.5) is 5.69 Å². The summed E-state index contributed by atoms with van der Waals surface area (Å²) in [4.78, 5) is 14.1. The van der Waals surface area contributed by atoms with Gasteiger partial charge in [0, 0.05) is 33.8 Å². The predicted molar refractivity (Wildman–Crippen MR) is 88.5 cm³/mol. The van der Waals surface area contributed by atoms with Crippen molar-refractivity contribution < 1.29 is 4.79 Å². The van der Waals surface area contributed by atoms with Gasteiger partial charge in [-0.1, -0.05) is 44.0 Å². The number of hydrogen-bond donors (Lipinski definition) is 1. The fourth-order valence-corrected chi connectivity index (χ4v) is 3.16. The molecule has 2 rings (SSSR count). The second-order valence-corrected chi connectivity index (χ2v) is 6.39. The molecule has 0 aliphatic heterocycles. The molecule has 0 aliphatic carbocycles. The highest BCUT2D eigenvalue weighted by atomic mass is 79.9. The number of amides is 1. The largest absolute Gasteiger partial charge is 0.399 e. The van der Waals surface area contributed by atoms with Gasteiger partial charge in [0.15, 0.2) is 0 Å². The lowest BCUT2D eigenvalue weighted by atomic mass is 10.1. The number of carbonyl (C=O) groups is 1. The smallest absolute Gasteiger partial charge is 0.253 e. The van der Waals surface area contributed by atoms with Crippen LogP contribution < -0.4 is 5.73 Å². The van der Waals surface area contributed by atoms with Crippen molar-refractivity contribution in [3.8, 4) is 0 Å². The van der Waals surface area contributed by atoms with Crippen molar-refractivity contribution in [3.63, 3.8) is 0 Å². The van der Waals surface area contributed by atoms with E-state index in [-0.39, 0.29) is 5.91 Å². The number of nitrogens with zero attached hydrogens (tertiary/aromatic N) is 1. The number of carbonyl (C=O) groups excluding carboxylic acids is 1. The first-order valence-corrected chi connectivity index (χ1v) is 7.60. The molecule has 0 spiro atoms. The lowest BCUT2D eigenvalue weighted by molar-refractivity contribution is 0.0785. The Morgan fingerprint density at radius 2 is 1.65 bits per heavy atom. The molecule has 0 bridgehead atoms. The average Bonchev–Trinajstić information content (AvgIpc) is 2.39. The summed E-state index contributed by atoms with van der Waals surface area (Å²) in [5.74, 6) is -0.0242. The molecule has 0 radical (unpaired) electrons. The maximum absolute atomic E-state index is 12.4. The van der Waals surface area contributed by atoms with Crippen LogP contribution in [0.25, 0.3) is 0 Å². The van der Waals surface area contributed by atoms with Gasteiger partial charge in [0.1, 0.15) is 0 Å². The molecule has 0 saturated carbocycles. The normalized spacial score (nSPS) is 10.3. The van der Waals surface area contributed by atoms with Crippen molar-refractivity contribution in [3.05, 3.63) is 62.5 Å². The molecule has 0 aromatic heterocycles. The maximum atomic E-state index is 12.4.